The molecule has 0 N–H and O–H groups in total. The van der Waals surface area contributed by atoms with Gasteiger partial charge in [0, 0.05) is 11.8 Å². The molecular formula is C12H11N. The van der Waals surface area contributed by atoms with Crippen LogP contribution in [0.3, 0.4) is 0 Å². The van der Waals surface area contributed by atoms with Gasteiger partial charge in [-0.15, -0.1) is 0 Å². The van der Waals surface area contributed by atoms with Crippen LogP contribution in [0.4, 0.5) is 0 Å². The predicted octanol–water partition coefficient (Wildman–Crippen LogP) is 3.06. The SMILES string of the molecule is [2H]c1cc(-c2ncc([2H])c(C)c2[2H])c([2H])c([2H])c1[2H]. The molecule has 1 aromatic carbocycles. The zero-order valence-corrected chi connectivity index (χ0v) is 7.10. The highest BCUT2D eigenvalue weighted by atomic mass is 14.7. The Morgan fingerprint density at radius 2 is 2.15 bits per heavy atom. The first-order chi connectivity index (χ1) is 8.84. The molecule has 0 saturated carbocycles. The van der Waals surface area contributed by atoms with Crippen molar-refractivity contribution in [2.45, 2.75) is 6.92 Å². The van der Waals surface area contributed by atoms with E-state index in [2.05, 4.69) is 4.98 Å². The molecule has 0 unspecified atom stereocenters. The lowest BCUT2D eigenvalue weighted by atomic mass is 10.1. The molecule has 1 aromatic heterocycles. The number of aromatic nitrogens is 1. The first-order valence-electron chi connectivity index (χ1n) is 6.85. The Morgan fingerprint density at radius 3 is 3.08 bits per heavy atom. The van der Waals surface area contributed by atoms with Crippen LogP contribution in [0.25, 0.3) is 11.3 Å². The van der Waals surface area contributed by atoms with Crippen molar-refractivity contribution < 1.29 is 8.22 Å². The van der Waals surface area contributed by atoms with E-state index in [0.717, 1.165) is 0 Å². The average Bonchev–Trinajstić information content (AvgIpc) is 2.39. The molecule has 13 heavy (non-hydrogen) atoms. The van der Waals surface area contributed by atoms with Gasteiger partial charge in [0.05, 0.1) is 13.9 Å². The molecular weight excluding hydrogens is 158 g/mol. The van der Waals surface area contributed by atoms with E-state index >= 15 is 0 Å². The van der Waals surface area contributed by atoms with Crippen LogP contribution in [-0.4, -0.2) is 4.98 Å². The minimum absolute atomic E-state index is 0.0116. The highest BCUT2D eigenvalue weighted by molar-refractivity contribution is 5.59. The molecule has 2 rings (SSSR count). The van der Waals surface area contributed by atoms with E-state index in [1.54, 1.807) is 6.92 Å². The lowest BCUT2D eigenvalue weighted by Crippen LogP contribution is -1.82. The molecule has 1 nitrogen and oxygen atoms in total. The summed E-state index contributed by atoms with van der Waals surface area (Å²) in [6.45, 7) is 1.61. The first-order valence-corrected chi connectivity index (χ1v) is 3.85. The summed E-state index contributed by atoms with van der Waals surface area (Å²) >= 11 is 0. The van der Waals surface area contributed by atoms with Crippen molar-refractivity contribution in [3.8, 4) is 11.3 Å². The Kier molecular flexibility index (Phi) is 0.947. The summed E-state index contributed by atoms with van der Waals surface area (Å²) in [5.41, 5.74) is 0.775. The molecule has 0 aliphatic heterocycles. The van der Waals surface area contributed by atoms with Crippen molar-refractivity contribution in [2.24, 2.45) is 0 Å². The molecule has 0 spiro atoms. The molecule has 2 aromatic rings. The van der Waals surface area contributed by atoms with Crippen LogP contribution in [0.5, 0.6) is 0 Å². The summed E-state index contributed by atoms with van der Waals surface area (Å²) in [5, 5.41) is 0. The van der Waals surface area contributed by atoms with Crippen LogP contribution in [0.2, 0.25) is 0 Å². The van der Waals surface area contributed by atoms with E-state index < -0.39 is 0 Å². The Balaban J connectivity index is 2.77. The largest absolute Gasteiger partial charge is 0.256 e. The van der Waals surface area contributed by atoms with Gasteiger partial charge in [-0.05, 0) is 24.6 Å². The number of hydrogen-bond acceptors (Lipinski definition) is 1. The lowest BCUT2D eigenvalue weighted by Gasteiger charge is -2.00. The summed E-state index contributed by atoms with van der Waals surface area (Å²) in [5.74, 6) is 0. The molecule has 0 bridgehead atoms. The lowest BCUT2D eigenvalue weighted by molar-refractivity contribution is 1.29. The molecule has 1 heteroatoms. The maximum Gasteiger partial charge on any atom is 0.0704 e. The van der Waals surface area contributed by atoms with Crippen molar-refractivity contribution in [1.82, 2.24) is 4.98 Å². The van der Waals surface area contributed by atoms with Crippen LogP contribution in [0.15, 0.2) is 48.5 Å². The predicted molar refractivity (Wildman–Crippen MR) is 54.4 cm³/mol. The quantitative estimate of drug-likeness (QED) is 0.649. The molecule has 1 heterocycles. The Morgan fingerprint density at radius 1 is 1.23 bits per heavy atom. The Hall–Kier alpha value is -1.63. The highest BCUT2D eigenvalue weighted by Gasteiger charge is 1.96. The van der Waals surface area contributed by atoms with Gasteiger partial charge in [-0.25, -0.2) is 0 Å². The van der Waals surface area contributed by atoms with Gasteiger partial charge in [0.25, 0.3) is 0 Å². The zero-order valence-electron chi connectivity index (χ0n) is 13.1. The van der Waals surface area contributed by atoms with Gasteiger partial charge in [-0.1, -0.05) is 30.2 Å². The number of benzene rings is 1. The zero-order chi connectivity index (χ0) is 14.3. The van der Waals surface area contributed by atoms with Crippen molar-refractivity contribution in [2.75, 3.05) is 0 Å². The van der Waals surface area contributed by atoms with Gasteiger partial charge in [-0.2, -0.15) is 0 Å². The fraction of sp³-hybridized carbons (Fsp3) is 0.0833. The monoisotopic (exact) mass is 175 g/mol. The van der Waals surface area contributed by atoms with E-state index in [0.29, 0.717) is 5.56 Å². The summed E-state index contributed by atoms with van der Waals surface area (Å²) in [7, 11) is 0. The van der Waals surface area contributed by atoms with Gasteiger partial charge in [0.15, 0.2) is 0 Å². The van der Waals surface area contributed by atoms with Crippen molar-refractivity contribution in [3.63, 3.8) is 0 Å². The van der Waals surface area contributed by atoms with E-state index in [1.165, 1.54) is 12.3 Å². The van der Waals surface area contributed by atoms with Gasteiger partial charge in [0.2, 0.25) is 0 Å². The second kappa shape index (κ2) is 3.40. The van der Waals surface area contributed by atoms with Gasteiger partial charge < -0.3 is 0 Å². The number of hydrogen-bond donors (Lipinski definition) is 0. The maximum atomic E-state index is 7.93. The van der Waals surface area contributed by atoms with Crippen LogP contribution >= 0.6 is 0 Å². The summed E-state index contributed by atoms with van der Waals surface area (Å²) < 4.78 is 46.0. The fourth-order valence-electron chi connectivity index (χ4n) is 0.983. The number of nitrogens with zero attached hydrogens (tertiary/aromatic N) is 1. The standard InChI is InChI=1S/C12H11N/c1-10-7-8-13-12(9-10)11-5-3-2-4-6-11/h2-9H,1H3/i2D,3D,4D,5D,7D,9D. The van der Waals surface area contributed by atoms with E-state index in [1.807, 2.05) is 0 Å². The third-order valence-electron chi connectivity index (χ3n) is 1.58. The summed E-state index contributed by atoms with van der Waals surface area (Å²) in [6.07, 6.45) is 1.28. The molecule has 0 radical (unpaired) electrons. The molecule has 0 fully saturated rings. The maximum absolute atomic E-state index is 7.93. The molecule has 0 saturated heterocycles. The number of pyridine rings is 1. The third-order valence-corrected chi connectivity index (χ3v) is 1.58. The summed E-state index contributed by atoms with van der Waals surface area (Å²) in [4.78, 5) is 3.96. The van der Waals surface area contributed by atoms with E-state index in [-0.39, 0.29) is 47.5 Å². The molecule has 0 aliphatic carbocycles. The van der Waals surface area contributed by atoms with Gasteiger partial charge in [0.1, 0.15) is 0 Å². The van der Waals surface area contributed by atoms with Crippen molar-refractivity contribution in [1.29, 1.82) is 0 Å². The summed E-state index contributed by atoms with van der Waals surface area (Å²) in [6, 6.07) is 0.355. The second-order valence-electron chi connectivity index (χ2n) is 2.58. The Bertz CT molecular complexity index is 668. The van der Waals surface area contributed by atoms with Crippen molar-refractivity contribution >= 4 is 0 Å². The smallest absolute Gasteiger partial charge is 0.0704 e. The normalized spacial score (nSPS) is 16.4. The first kappa shape index (κ1) is 3.62. The topological polar surface area (TPSA) is 12.9 Å². The van der Waals surface area contributed by atoms with Gasteiger partial charge in [-0.3, -0.25) is 4.98 Å². The fourth-order valence-corrected chi connectivity index (χ4v) is 0.983. The Labute approximate surface area is 86.5 Å². The molecule has 0 aliphatic rings. The van der Waals surface area contributed by atoms with Crippen LogP contribution in [0.1, 0.15) is 13.8 Å². The second-order valence-corrected chi connectivity index (χ2v) is 2.58. The molecule has 0 atom stereocenters. The number of rotatable bonds is 1. The van der Waals surface area contributed by atoms with Crippen LogP contribution in [0, 0.1) is 6.92 Å². The van der Waals surface area contributed by atoms with E-state index in [9.17, 15) is 0 Å². The third kappa shape index (κ3) is 1.75. The minimum atomic E-state index is -0.351. The van der Waals surface area contributed by atoms with Crippen LogP contribution < -0.4 is 0 Å². The molecule has 64 valence electrons. The highest BCUT2D eigenvalue weighted by Crippen LogP contribution is 2.16. The van der Waals surface area contributed by atoms with E-state index in [4.69, 9.17) is 8.22 Å². The average molecular weight is 175 g/mol. The van der Waals surface area contributed by atoms with Crippen molar-refractivity contribution in [3.05, 3.63) is 54.1 Å². The van der Waals surface area contributed by atoms with Crippen LogP contribution in [-0.2, 0) is 0 Å². The van der Waals surface area contributed by atoms with Gasteiger partial charge >= 0.3 is 0 Å². The molecule has 0 amide bonds. The minimum Gasteiger partial charge on any atom is -0.256 e.